The molecule has 2 N–H and O–H groups in total. The van der Waals surface area contributed by atoms with Crippen molar-refractivity contribution in [3.63, 3.8) is 0 Å². The fraction of sp³-hybridized carbons (Fsp3) is 0.545. The highest BCUT2D eigenvalue weighted by atomic mass is 32.1. The summed E-state index contributed by atoms with van der Waals surface area (Å²) >= 11 is 1.69. The molecule has 0 aliphatic heterocycles. The Kier molecular flexibility index (Phi) is 9.94. The number of aliphatic imine (C=N–C) groups is 1. The van der Waals surface area contributed by atoms with Gasteiger partial charge in [0.2, 0.25) is 0 Å². The predicted molar refractivity (Wildman–Crippen MR) is 123 cm³/mol. The maximum absolute atomic E-state index is 5.79. The van der Waals surface area contributed by atoms with E-state index >= 15 is 0 Å². The molecule has 0 spiro atoms. The van der Waals surface area contributed by atoms with Crippen molar-refractivity contribution in [1.82, 2.24) is 20.5 Å². The Morgan fingerprint density at radius 3 is 2.59 bits per heavy atom. The molecule has 160 valence electrons. The van der Waals surface area contributed by atoms with Crippen LogP contribution in [0.2, 0.25) is 0 Å². The van der Waals surface area contributed by atoms with Gasteiger partial charge in [-0.3, -0.25) is 0 Å². The molecule has 2 rings (SSSR count). The minimum absolute atomic E-state index is 0.460. The largest absolute Gasteiger partial charge is 0.494 e. The van der Waals surface area contributed by atoms with Crippen molar-refractivity contribution in [2.24, 2.45) is 4.99 Å². The van der Waals surface area contributed by atoms with Gasteiger partial charge in [0.05, 0.1) is 25.4 Å². The van der Waals surface area contributed by atoms with E-state index in [4.69, 9.17) is 9.73 Å². The Morgan fingerprint density at radius 2 is 1.97 bits per heavy atom. The number of ether oxygens (including phenoxy) is 1. The molecule has 1 aromatic carbocycles. The molecule has 0 fully saturated rings. The summed E-state index contributed by atoms with van der Waals surface area (Å²) in [5.74, 6) is 2.17. The van der Waals surface area contributed by atoms with Gasteiger partial charge in [-0.1, -0.05) is 26.0 Å². The molecule has 0 aliphatic rings. The highest BCUT2D eigenvalue weighted by Crippen LogP contribution is 2.17. The van der Waals surface area contributed by atoms with Gasteiger partial charge in [0.15, 0.2) is 5.96 Å². The van der Waals surface area contributed by atoms with E-state index in [0.29, 0.717) is 19.0 Å². The van der Waals surface area contributed by atoms with Crippen LogP contribution in [0, 0.1) is 0 Å². The Morgan fingerprint density at radius 1 is 1.21 bits per heavy atom. The van der Waals surface area contributed by atoms with Crippen LogP contribution >= 0.6 is 11.3 Å². The number of hydrogen-bond acceptors (Lipinski definition) is 5. The third-order valence-electron chi connectivity index (χ3n) is 4.27. The summed E-state index contributed by atoms with van der Waals surface area (Å²) < 4.78 is 5.79. The topological polar surface area (TPSA) is 61.8 Å². The van der Waals surface area contributed by atoms with Crippen LogP contribution in [0.1, 0.15) is 49.4 Å². The Bertz CT molecular complexity index is 740. The molecule has 7 heteroatoms. The lowest BCUT2D eigenvalue weighted by atomic mass is 10.2. The Hall–Kier alpha value is -2.12. The first kappa shape index (κ1) is 23.2. The normalized spacial score (nSPS) is 11.9. The number of thiazole rings is 1. The highest BCUT2D eigenvalue weighted by molar-refractivity contribution is 7.09. The van der Waals surface area contributed by atoms with Gasteiger partial charge in [-0.15, -0.1) is 11.3 Å². The van der Waals surface area contributed by atoms with E-state index in [1.807, 2.05) is 12.1 Å². The zero-order valence-corrected chi connectivity index (χ0v) is 19.2. The molecule has 1 heterocycles. The average Bonchev–Trinajstić information content (AvgIpc) is 3.17. The number of guanidine groups is 1. The number of aromatic nitrogens is 1. The first-order chi connectivity index (χ1) is 14.0. The van der Waals surface area contributed by atoms with Crippen molar-refractivity contribution in [2.45, 2.75) is 46.2 Å². The van der Waals surface area contributed by atoms with E-state index in [1.165, 1.54) is 0 Å². The molecule has 29 heavy (non-hydrogen) atoms. The zero-order valence-electron chi connectivity index (χ0n) is 18.4. The lowest BCUT2D eigenvalue weighted by Crippen LogP contribution is -2.36. The Labute approximate surface area is 179 Å². The molecule has 6 nitrogen and oxygen atoms in total. The molecule has 0 unspecified atom stereocenters. The molecular formula is C22H35N5OS. The second-order valence-corrected chi connectivity index (χ2v) is 8.46. The molecular weight excluding hydrogens is 382 g/mol. The lowest BCUT2D eigenvalue weighted by Gasteiger charge is -2.11. The van der Waals surface area contributed by atoms with E-state index in [2.05, 4.69) is 72.9 Å². The van der Waals surface area contributed by atoms with Gasteiger partial charge in [0.25, 0.3) is 0 Å². The van der Waals surface area contributed by atoms with E-state index in [9.17, 15) is 0 Å². The standard InChI is InChI=1S/C22H35N5OS/c1-6-23-22(25-15-21-26-20(16-29-21)17(2)3)24-14-18-8-10-19(11-9-18)28-13-7-12-27(4)5/h8-11,16-17H,6-7,12-15H2,1-5H3,(H2,23,24,25). The number of hydrogen-bond donors (Lipinski definition) is 2. The second kappa shape index (κ2) is 12.4. The third-order valence-corrected chi connectivity index (χ3v) is 5.14. The van der Waals surface area contributed by atoms with E-state index in [-0.39, 0.29) is 0 Å². The predicted octanol–water partition coefficient (Wildman–Crippen LogP) is 3.85. The summed E-state index contributed by atoms with van der Waals surface area (Å²) in [5.41, 5.74) is 2.30. The van der Waals surface area contributed by atoms with Crippen molar-refractivity contribution in [3.8, 4) is 5.75 Å². The summed E-state index contributed by atoms with van der Waals surface area (Å²) in [5, 5.41) is 9.88. The third kappa shape index (κ3) is 8.83. The van der Waals surface area contributed by atoms with E-state index < -0.39 is 0 Å². The van der Waals surface area contributed by atoms with Gasteiger partial charge in [-0.25, -0.2) is 9.98 Å². The van der Waals surface area contributed by atoms with Crippen LogP contribution < -0.4 is 15.4 Å². The SMILES string of the molecule is CCNC(=NCc1ccc(OCCCN(C)C)cc1)NCc1nc(C(C)C)cs1. The molecule has 0 saturated carbocycles. The van der Waals surface area contributed by atoms with Crippen LogP contribution in [0.5, 0.6) is 5.75 Å². The number of benzene rings is 1. The van der Waals surface area contributed by atoms with Gasteiger partial charge in [0, 0.05) is 18.5 Å². The molecule has 2 aromatic rings. The first-order valence-electron chi connectivity index (χ1n) is 10.3. The van der Waals surface area contributed by atoms with Gasteiger partial charge in [-0.2, -0.15) is 0 Å². The highest BCUT2D eigenvalue weighted by Gasteiger charge is 2.06. The van der Waals surface area contributed by atoms with Gasteiger partial charge < -0.3 is 20.3 Å². The minimum atomic E-state index is 0.460. The summed E-state index contributed by atoms with van der Waals surface area (Å²) in [6, 6.07) is 8.18. The molecule has 0 amide bonds. The average molecular weight is 418 g/mol. The molecule has 0 bridgehead atoms. The van der Waals surface area contributed by atoms with Crippen LogP contribution in [0.25, 0.3) is 0 Å². The fourth-order valence-electron chi connectivity index (χ4n) is 2.60. The van der Waals surface area contributed by atoms with Crippen molar-refractivity contribution in [1.29, 1.82) is 0 Å². The fourth-order valence-corrected chi connectivity index (χ4v) is 3.50. The number of nitrogens with one attached hydrogen (secondary N) is 2. The van der Waals surface area contributed by atoms with Gasteiger partial charge in [0.1, 0.15) is 10.8 Å². The maximum Gasteiger partial charge on any atom is 0.191 e. The molecule has 1 aromatic heterocycles. The summed E-state index contributed by atoms with van der Waals surface area (Å²) in [6.45, 7) is 10.3. The van der Waals surface area contributed by atoms with Crippen LogP contribution in [0.4, 0.5) is 0 Å². The minimum Gasteiger partial charge on any atom is -0.494 e. The van der Waals surface area contributed by atoms with E-state index in [0.717, 1.165) is 54.1 Å². The molecule has 0 radical (unpaired) electrons. The number of nitrogens with zero attached hydrogens (tertiary/aromatic N) is 3. The van der Waals surface area contributed by atoms with Crippen molar-refractivity contribution in [2.75, 3.05) is 33.8 Å². The van der Waals surface area contributed by atoms with Crippen LogP contribution in [0.3, 0.4) is 0 Å². The zero-order chi connectivity index (χ0) is 21.1. The smallest absolute Gasteiger partial charge is 0.191 e. The first-order valence-corrected chi connectivity index (χ1v) is 11.2. The van der Waals surface area contributed by atoms with Crippen molar-refractivity contribution >= 4 is 17.3 Å². The molecule has 0 aliphatic carbocycles. The van der Waals surface area contributed by atoms with Crippen LogP contribution in [-0.4, -0.2) is 49.6 Å². The van der Waals surface area contributed by atoms with Gasteiger partial charge >= 0.3 is 0 Å². The van der Waals surface area contributed by atoms with Crippen LogP contribution in [0.15, 0.2) is 34.6 Å². The van der Waals surface area contributed by atoms with Crippen molar-refractivity contribution in [3.05, 3.63) is 45.9 Å². The quantitative estimate of drug-likeness (QED) is 0.330. The van der Waals surface area contributed by atoms with Crippen LogP contribution in [-0.2, 0) is 13.1 Å². The maximum atomic E-state index is 5.79. The lowest BCUT2D eigenvalue weighted by molar-refractivity contribution is 0.281. The Balaban J connectivity index is 1.83. The monoisotopic (exact) mass is 417 g/mol. The van der Waals surface area contributed by atoms with Gasteiger partial charge in [-0.05, 0) is 51.1 Å². The summed E-state index contributed by atoms with van der Waals surface area (Å²) in [6.07, 6.45) is 1.02. The summed E-state index contributed by atoms with van der Waals surface area (Å²) in [7, 11) is 4.15. The van der Waals surface area contributed by atoms with Crippen molar-refractivity contribution < 1.29 is 4.74 Å². The van der Waals surface area contributed by atoms with E-state index in [1.54, 1.807) is 11.3 Å². The molecule has 0 saturated heterocycles. The summed E-state index contributed by atoms with van der Waals surface area (Å²) in [4.78, 5) is 11.5. The number of rotatable bonds is 11. The molecule has 0 atom stereocenters. The second-order valence-electron chi connectivity index (χ2n) is 7.52.